The highest BCUT2D eigenvalue weighted by molar-refractivity contribution is 5.82. The second-order valence-corrected chi connectivity index (χ2v) is 3.37. The molecular formula is C9H9FO4. The number of halogens is 1. The molecule has 0 saturated carbocycles. The topological polar surface area (TPSA) is 52.6 Å². The lowest BCUT2D eigenvalue weighted by molar-refractivity contribution is -0.171. The first-order valence-electron chi connectivity index (χ1n) is 4.29. The van der Waals surface area contributed by atoms with Crippen molar-refractivity contribution < 1.29 is 23.5 Å². The molecule has 0 aromatic carbocycles. The number of carbonyl (C=O) groups excluding carboxylic acids is 2. The zero-order valence-electron chi connectivity index (χ0n) is 7.53. The normalized spacial score (nSPS) is 34.9. The predicted molar refractivity (Wildman–Crippen MR) is 42.7 cm³/mol. The molecule has 0 N–H and O–H groups in total. The number of hydrogen-bond acceptors (Lipinski definition) is 4. The van der Waals surface area contributed by atoms with Crippen LogP contribution in [0.15, 0.2) is 11.9 Å². The summed E-state index contributed by atoms with van der Waals surface area (Å²) in [6.07, 6.45) is 0.537. The number of ether oxygens (including phenoxy) is 2. The highest BCUT2D eigenvalue weighted by Crippen LogP contribution is 2.38. The zero-order valence-corrected chi connectivity index (χ0v) is 7.53. The Hall–Kier alpha value is -1.39. The molecule has 1 saturated heterocycles. The van der Waals surface area contributed by atoms with Gasteiger partial charge in [0.1, 0.15) is 17.8 Å². The molecule has 2 heterocycles. The van der Waals surface area contributed by atoms with Gasteiger partial charge in [-0.05, 0) is 12.5 Å². The van der Waals surface area contributed by atoms with Crippen molar-refractivity contribution >= 4 is 11.9 Å². The van der Waals surface area contributed by atoms with Crippen LogP contribution in [0.25, 0.3) is 0 Å². The highest BCUT2D eigenvalue weighted by Gasteiger charge is 2.47. The van der Waals surface area contributed by atoms with Crippen LogP contribution in [0.5, 0.6) is 0 Å². The molecule has 5 heteroatoms. The van der Waals surface area contributed by atoms with E-state index in [2.05, 4.69) is 4.74 Å². The van der Waals surface area contributed by atoms with E-state index in [-0.39, 0.29) is 6.42 Å². The number of methoxy groups -OCH3 is 1. The van der Waals surface area contributed by atoms with E-state index in [1.54, 1.807) is 0 Å². The molecular weight excluding hydrogens is 191 g/mol. The van der Waals surface area contributed by atoms with Crippen LogP contribution in [0.2, 0.25) is 0 Å². The third-order valence-corrected chi connectivity index (χ3v) is 2.58. The molecule has 1 fully saturated rings. The predicted octanol–water partition coefficient (Wildman–Crippen LogP) is 0.574. The zero-order chi connectivity index (χ0) is 10.3. The van der Waals surface area contributed by atoms with Crippen LogP contribution in [0, 0.1) is 11.8 Å². The Morgan fingerprint density at radius 1 is 1.71 bits per heavy atom. The minimum absolute atomic E-state index is 0.151. The maximum Gasteiger partial charge on any atom is 0.316 e. The molecule has 14 heavy (non-hydrogen) atoms. The molecule has 0 aromatic rings. The number of rotatable bonds is 1. The van der Waals surface area contributed by atoms with Crippen molar-refractivity contribution in [2.45, 2.75) is 12.5 Å². The average molecular weight is 200 g/mol. The first-order valence-corrected chi connectivity index (χ1v) is 4.29. The molecule has 2 bridgehead atoms. The molecule has 0 amide bonds. The van der Waals surface area contributed by atoms with Crippen LogP contribution >= 0.6 is 0 Å². The van der Waals surface area contributed by atoms with Gasteiger partial charge in [-0.3, -0.25) is 9.59 Å². The maximum atomic E-state index is 13.1. The van der Waals surface area contributed by atoms with Gasteiger partial charge in [-0.2, -0.15) is 0 Å². The van der Waals surface area contributed by atoms with Crippen molar-refractivity contribution in [3.63, 3.8) is 0 Å². The molecule has 0 aromatic heterocycles. The summed E-state index contributed by atoms with van der Waals surface area (Å²) in [6.45, 7) is 0. The van der Waals surface area contributed by atoms with Gasteiger partial charge in [0.25, 0.3) is 0 Å². The summed E-state index contributed by atoms with van der Waals surface area (Å²) in [7, 11) is 1.26. The molecule has 1 aliphatic carbocycles. The fraction of sp³-hybridized carbons (Fsp3) is 0.556. The van der Waals surface area contributed by atoms with Crippen molar-refractivity contribution in [3.05, 3.63) is 11.9 Å². The van der Waals surface area contributed by atoms with Crippen molar-refractivity contribution in [3.8, 4) is 0 Å². The van der Waals surface area contributed by atoms with Gasteiger partial charge in [0, 0.05) is 0 Å². The Morgan fingerprint density at radius 2 is 2.43 bits per heavy atom. The molecule has 3 aliphatic rings. The third kappa shape index (κ3) is 1.20. The van der Waals surface area contributed by atoms with E-state index in [9.17, 15) is 14.0 Å². The summed E-state index contributed by atoms with van der Waals surface area (Å²) in [6, 6.07) is 0. The number of esters is 2. The number of carbonyl (C=O) groups is 2. The van der Waals surface area contributed by atoms with E-state index in [0.29, 0.717) is 0 Å². The van der Waals surface area contributed by atoms with Crippen molar-refractivity contribution in [2.24, 2.45) is 11.8 Å². The standard InChI is InChI=1S/C9H9FO4/c1-13-8(11)5-2-4-6(10)3-7(5)14-9(4)12/h3-5,7H,2H2,1H3. The van der Waals surface area contributed by atoms with E-state index >= 15 is 0 Å². The lowest BCUT2D eigenvalue weighted by Crippen LogP contribution is -2.45. The van der Waals surface area contributed by atoms with Crippen LogP contribution < -0.4 is 0 Å². The van der Waals surface area contributed by atoms with Gasteiger partial charge in [-0.25, -0.2) is 4.39 Å². The summed E-state index contributed by atoms with van der Waals surface area (Å²) in [5, 5.41) is 0. The maximum absolute atomic E-state index is 13.1. The monoisotopic (exact) mass is 200 g/mol. The fourth-order valence-corrected chi connectivity index (χ4v) is 1.81. The number of fused-ring (bicyclic) bond motifs is 2. The van der Waals surface area contributed by atoms with Crippen LogP contribution in [-0.4, -0.2) is 25.2 Å². The Morgan fingerprint density at radius 3 is 2.93 bits per heavy atom. The van der Waals surface area contributed by atoms with Crippen molar-refractivity contribution in [1.29, 1.82) is 0 Å². The second kappa shape index (κ2) is 3.08. The van der Waals surface area contributed by atoms with Crippen LogP contribution in [0.4, 0.5) is 4.39 Å². The Balaban J connectivity index is 2.24. The van der Waals surface area contributed by atoms with Crippen LogP contribution in [0.3, 0.4) is 0 Å². The summed E-state index contributed by atoms with van der Waals surface area (Å²) >= 11 is 0. The minimum atomic E-state index is -0.913. The third-order valence-electron chi connectivity index (χ3n) is 2.58. The molecule has 3 rings (SSSR count). The highest BCUT2D eigenvalue weighted by atomic mass is 19.1. The van der Waals surface area contributed by atoms with Gasteiger partial charge >= 0.3 is 11.9 Å². The lowest BCUT2D eigenvalue weighted by Gasteiger charge is -2.35. The summed E-state index contributed by atoms with van der Waals surface area (Å²) in [5.74, 6) is -3.01. The molecule has 0 radical (unpaired) electrons. The second-order valence-electron chi connectivity index (χ2n) is 3.37. The van der Waals surface area contributed by atoms with Gasteiger partial charge in [-0.15, -0.1) is 0 Å². The minimum Gasteiger partial charge on any atom is -0.469 e. The summed E-state index contributed by atoms with van der Waals surface area (Å²) in [5.41, 5.74) is 0. The first-order chi connectivity index (χ1) is 6.63. The van der Waals surface area contributed by atoms with Gasteiger partial charge in [-0.1, -0.05) is 0 Å². The first kappa shape index (κ1) is 9.18. The lowest BCUT2D eigenvalue weighted by atomic mass is 9.81. The molecule has 3 unspecified atom stereocenters. The number of hydrogen-bond donors (Lipinski definition) is 0. The Labute approximate surface area is 79.7 Å². The van der Waals surface area contributed by atoms with E-state index in [0.717, 1.165) is 0 Å². The van der Waals surface area contributed by atoms with Crippen LogP contribution in [0.1, 0.15) is 6.42 Å². The van der Waals surface area contributed by atoms with E-state index in [4.69, 9.17) is 4.74 Å². The Kier molecular flexibility index (Phi) is 2.02. The van der Waals surface area contributed by atoms with Crippen LogP contribution in [-0.2, 0) is 19.1 Å². The molecule has 76 valence electrons. The Bertz CT molecular complexity index is 323. The quantitative estimate of drug-likeness (QED) is 0.581. The van der Waals surface area contributed by atoms with E-state index < -0.39 is 35.7 Å². The molecule has 4 nitrogen and oxygen atoms in total. The van der Waals surface area contributed by atoms with Gasteiger partial charge < -0.3 is 9.47 Å². The molecule has 3 atom stereocenters. The van der Waals surface area contributed by atoms with E-state index in [1.165, 1.54) is 13.2 Å². The fourth-order valence-electron chi connectivity index (χ4n) is 1.81. The summed E-state index contributed by atoms with van der Waals surface area (Å²) < 4.78 is 22.4. The van der Waals surface area contributed by atoms with Crippen molar-refractivity contribution in [2.75, 3.05) is 7.11 Å². The average Bonchev–Trinajstić information content (AvgIpc) is 2.16. The summed E-state index contributed by atoms with van der Waals surface area (Å²) in [4.78, 5) is 22.3. The van der Waals surface area contributed by atoms with Crippen molar-refractivity contribution in [1.82, 2.24) is 0 Å². The van der Waals surface area contributed by atoms with E-state index in [1.807, 2.05) is 0 Å². The molecule has 2 aliphatic heterocycles. The largest absolute Gasteiger partial charge is 0.469 e. The van der Waals surface area contributed by atoms with Gasteiger partial charge in [0.15, 0.2) is 0 Å². The molecule has 0 spiro atoms. The SMILES string of the molecule is COC(=O)C1CC2C(=O)OC1C=C2F. The van der Waals surface area contributed by atoms with Gasteiger partial charge in [0.05, 0.1) is 13.0 Å². The smallest absolute Gasteiger partial charge is 0.316 e. The van der Waals surface area contributed by atoms with Gasteiger partial charge in [0.2, 0.25) is 0 Å².